The monoisotopic (exact) mass is 362 g/mol. The fourth-order valence-corrected chi connectivity index (χ4v) is 2.78. The SMILES string of the molecule is CCc1ccccc1Nc1ccc(NC(=O)c2ccc3c(c2)OCO3)nn1. The summed E-state index contributed by atoms with van der Waals surface area (Å²) >= 11 is 0. The van der Waals surface area contributed by atoms with Gasteiger partial charge in [0, 0.05) is 11.3 Å². The number of hydrogen-bond acceptors (Lipinski definition) is 6. The number of nitrogens with zero attached hydrogens (tertiary/aromatic N) is 2. The molecule has 27 heavy (non-hydrogen) atoms. The molecule has 7 nitrogen and oxygen atoms in total. The van der Waals surface area contributed by atoms with Gasteiger partial charge in [-0.1, -0.05) is 25.1 Å². The summed E-state index contributed by atoms with van der Waals surface area (Å²) in [5.41, 5.74) is 2.64. The molecule has 4 rings (SSSR count). The van der Waals surface area contributed by atoms with E-state index in [1.165, 1.54) is 5.56 Å². The highest BCUT2D eigenvalue weighted by atomic mass is 16.7. The van der Waals surface area contributed by atoms with E-state index in [1.54, 1.807) is 30.3 Å². The van der Waals surface area contributed by atoms with E-state index in [-0.39, 0.29) is 12.7 Å². The Labute approximate surface area is 156 Å². The van der Waals surface area contributed by atoms with Crippen LogP contribution in [-0.2, 0) is 6.42 Å². The number of ether oxygens (including phenoxy) is 2. The molecule has 1 aliphatic heterocycles. The molecule has 0 saturated carbocycles. The van der Waals surface area contributed by atoms with Crippen molar-refractivity contribution in [2.24, 2.45) is 0 Å². The molecule has 2 heterocycles. The van der Waals surface area contributed by atoms with Gasteiger partial charge in [-0.2, -0.15) is 0 Å². The quantitative estimate of drug-likeness (QED) is 0.719. The number of anilines is 3. The third-order valence-corrected chi connectivity index (χ3v) is 4.20. The number of nitrogens with one attached hydrogen (secondary N) is 2. The minimum atomic E-state index is -0.292. The van der Waals surface area contributed by atoms with Crippen molar-refractivity contribution in [1.82, 2.24) is 10.2 Å². The average Bonchev–Trinajstić information content (AvgIpc) is 3.17. The molecule has 0 radical (unpaired) electrons. The Balaban J connectivity index is 1.44. The van der Waals surface area contributed by atoms with Crippen molar-refractivity contribution in [2.45, 2.75) is 13.3 Å². The topological polar surface area (TPSA) is 85.4 Å². The van der Waals surface area contributed by atoms with E-state index in [0.717, 1.165) is 12.1 Å². The van der Waals surface area contributed by atoms with E-state index >= 15 is 0 Å². The highest BCUT2D eigenvalue weighted by Gasteiger charge is 2.16. The van der Waals surface area contributed by atoms with Crippen molar-refractivity contribution in [2.75, 3.05) is 17.4 Å². The number of hydrogen-bond donors (Lipinski definition) is 2. The van der Waals surface area contributed by atoms with Crippen LogP contribution in [0.4, 0.5) is 17.3 Å². The number of para-hydroxylation sites is 1. The molecule has 0 bridgehead atoms. The maximum atomic E-state index is 12.4. The minimum absolute atomic E-state index is 0.168. The van der Waals surface area contributed by atoms with Gasteiger partial charge in [-0.15, -0.1) is 10.2 Å². The zero-order chi connectivity index (χ0) is 18.6. The summed E-state index contributed by atoms with van der Waals surface area (Å²) in [4.78, 5) is 12.4. The molecule has 136 valence electrons. The van der Waals surface area contributed by atoms with Crippen LogP contribution >= 0.6 is 0 Å². The summed E-state index contributed by atoms with van der Waals surface area (Å²) in [6, 6.07) is 16.5. The van der Waals surface area contributed by atoms with Crippen molar-refractivity contribution >= 4 is 23.2 Å². The van der Waals surface area contributed by atoms with Gasteiger partial charge < -0.3 is 20.1 Å². The normalized spacial score (nSPS) is 11.9. The zero-order valence-corrected chi connectivity index (χ0v) is 14.7. The molecule has 2 aromatic carbocycles. The van der Waals surface area contributed by atoms with Crippen molar-refractivity contribution in [3.63, 3.8) is 0 Å². The van der Waals surface area contributed by atoms with E-state index < -0.39 is 0 Å². The lowest BCUT2D eigenvalue weighted by Crippen LogP contribution is -2.13. The summed E-state index contributed by atoms with van der Waals surface area (Å²) in [5.74, 6) is 1.88. The second kappa shape index (κ2) is 7.33. The van der Waals surface area contributed by atoms with Gasteiger partial charge in [-0.3, -0.25) is 4.79 Å². The van der Waals surface area contributed by atoms with Crippen molar-refractivity contribution in [3.8, 4) is 11.5 Å². The lowest BCUT2D eigenvalue weighted by Gasteiger charge is -2.10. The third-order valence-electron chi connectivity index (χ3n) is 4.20. The highest BCUT2D eigenvalue weighted by molar-refractivity contribution is 6.04. The van der Waals surface area contributed by atoms with E-state index in [4.69, 9.17) is 9.47 Å². The number of amides is 1. The first-order valence-electron chi connectivity index (χ1n) is 8.62. The predicted octanol–water partition coefficient (Wildman–Crippen LogP) is 3.76. The Morgan fingerprint density at radius 1 is 1.00 bits per heavy atom. The lowest BCUT2D eigenvalue weighted by atomic mass is 10.1. The molecule has 0 spiro atoms. The van der Waals surface area contributed by atoms with E-state index in [1.807, 2.05) is 18.2 Å². The molecule has 1 amide bonds. The molecule has 0 unspecified atom stereocenters. The van der Waals surface area contributed by atoms with Crippen molar-refractivity contribution < 1.29 is 14.3 Å². The van der Waals surface area contributed by atoms with Crippen molar-refractivity contribution in [1.29, 1.82) is 0 Å². The van der Waals surface area contributed by atoms with Crippen LogP contribution in [0.15, 0.2) is 54.6 Å². The van der Waals surface area contributed by atoms with Gasteiger partial charge in [0.2, 0.25) is 6.79 Å². The van der Waals surface area contributed by atoms with E-state index in [9.17, 15) is 4.79 Å². The van der Waals surface area contributed by atoms with Crippen molar-refractivity contribution in [3.05, 3.63) is 65.7 Å². The Kier molecular flexibility index (Phi) is 4.57. The summed E-state index contributed by atoms with van der Waals surface area (Å²) in [6.45, 7) is 2.27. The Bertz CT molecular complexity index is 973. The maximum absolute atomic E-state index is 12.4. The van der Waals surface area contributed by atoms with Gasteiger partial charge in [0.15, 0.2) is 23.1 Å². The summed E-state index contributed by atoms with van der Waals surface area (Å²) in [7, 11) is 0. The van der Waals surface area contributed by atoms with Crippen LogP contribution in [0, 0.1) is 0 Å². The summed E-state index contributed by atoms with van der Waals surface area (Å²) in [6.07, 6.45) is 0.917. The van der Waals surface area contributed by atoms with Gasteiger partial charge in [0.05, 0.1) is 0 Å². The smallest absolute Gasteiger partial charge is 0.257 e. The number of benzene rings is 2. The molecule has 1 aromatic heterocycles. The third kappa shape index (κ3) is 3.67. The fraction of sp³-hybridized carbons (Fsp3) is 0.150. The molecule has 0 saturated heterocycles. The number of fused-ring (bicyclic) bond motifs is 1. The second-order valence-corrected chi connectivity index (χ2v) is 5.96. The number of carbonyl (C=O) groups excluding carboxylic acids is 1. The molecule has 0 fully saturated rings. The Hall–Kier alpha value is -3.61. The zero-order valence-electron chi connectivity index (χ0n) is 14.7. The number of aryl methyl sites for hydroxylation is 1. The van der Waals surface area contributed by atoms with Gasteiger partial charge in [-0.25, -0.2) is 0 Å². The molecule has 7 heteroatoms. The lowest BCUT2D eigenvalue weighted by molar-refractivity contribution is 0.102. The van der Waals surface area contributed by atoms with Gasteiger partial charge in [0.25, 0.3) is 5.91 Å². The predicted molar refractivity (Wildman–Crippen MR) is 102 cm³/mol. The molecule has 3 aromatic rings. The number of rotatable bonds is 5. The first-order valence-corrected chi connectivity index (χ1v) is 8.62. The second-order valence-electron chi connectivity index (χ2n) is 5.96. The van der Waals surface area contributed by atoms with Gasteiger partial charge in [0.1, 0.15) is 0 Å². The standard InChI is InChI=1S/C20H18N4O3/c1-2-13-5-3-4-6-15(13)21-18-9-10-19(24-23-18)22-20(25)14-7-8-16-17(11-14)27-12-26-16/h3-11H,2,12H2,1H3,(H,21,23)(H,22,24,25). The van der Waals surface area contributed by atoms with Crippen LogP contribution in [0.3, 0.4) is 0 Å². The van der Waals surface area contributed by atoms with Gasteiger partial charge >= 0.3 is 0 Å². The highest BCUT2D eigenvalue weighted by Crippen LogP contribution is 2.32. The molecule has 0 atom stereocenters. The Morgan fingerprint density at radius 3 is 2.59 bits per heavy atom. The molecule has 0 aliphatic carbocycles. The molecular weight excluding hydrogens is 344 g/mol. The molecular formula is C20H18N4O3. The van der Waals surface area contributed by atoms with E-state index in [0.29, 0.717) is 28.7 Å². The van der Waals surface area contributed by atoms with Crippen LogP contribution in [0.25, 0.3) is 0 Å². The van der Waals surface area contributed by atoms with Crippen LogP contribution < -0.4 is 20.1 Å². The average molecular weight is 362 g/mol. The summed E-state index contributed by atoms with van der Waals surface area (Å²) < 4.78 is 10.5. The van der Waals surface area contributed by atoms with E-state index in [2.05, 4.69) is 33.8 Å². The number of carbonyl (C=O) groups is 1. The maximum Gasteiger partial charge on any atom is 0.257 e. The van der Waals surface area contributed by atoms with Crippen LogP contribution in [-0.4, -0.2) is 22.9 Å². The van der Waals surface area contributed by atoms with Gasteiger partial charge in [-0.05, 0) is 48.4 Å². The first kappa shape index (κ1) is 16.8. The van der Waals surface area contributed by atoms with Crippen LogP contribution in [0.1, 0.15) is 22.8 Å². The fourth-order valence-electron chi connectivity index (χ4n) is 2.78. The largest absolute Gasteiger partial charge is 0.454 e. The number of aromatic nitrogens is 2. The molecule has 2 N–H and O–H groups in total. The van der Waals surface area contributed by atoms with Crippen LogP contribution in [0.5, 0.6) is 11.5 Å². The summed E-state index contributed by atoms with van der Waals surface area (Å²) in [5, 5.41) is 14.2. The minimum Gasteiger partial charge on any atom is -0.454 e. The Morgan fingerprint density at radius 2 is 1.78 bits per heavy atom. The van der Waals surface area contributed by atoms with Crippen LogP contribution in [0.2, 0.25) is 0 Å². The molecule has 1 aliphatic rings. The first-order chi connectivity index (χ1) is 13.2.